The van der Waals surface area contributed by atoms with Crippen molar-refractivity contribution in [3.8, 4) is 22.4 Å². The summed E-state index contributed by atoms with van der Waals surface area (Å²) >= 11 is 0. The molecule has 4 heterocycles. The Labute approximate surface area is 264 Å². The number of carbonyl (C=O) groups is 2. The van der Waals surface area contributed by atoms with E-state index in [1.165, 1.54) is 0 Å². The molecule has 2 N–H and O–H groups in total. The predicted octanol–water partition coefficient (Wildman–Crippen LogP) is 6.54. The third-order valence-corrected chi connectivity index (χ3v) is 8.93. The topological polar surface area (TPSA) is 107 Å². The van der Waals surface area contributed by atoms with Crippen LogP contribution in [0, 0.1) is 5.92 Å². The number of nitrogens with zero attached hydrogens (tertiary/aromatic N) is 5. The number of fused-ring (bicyclic) bond motifs is 1. The third kappa shape index (κ3) is 6.98. The zero-order chi connectivity index (χ0) is 31.2. The molecule has 4 aromatic rings. The van der Waals surface area contributed by atoms with Gasteiger partial charge in [-0.3, -0.25) is 9.59 Å². The fourth-order valence-corrected chi connectivity index (χ4v) is 6.38. The molecule has 2 atom stereocenters. The standard InChI is InChI=1S/C36H41N7O2/c1-3-5-9-33(44)42-17-15-25(24-42)20-38-36-39-21-30(22-40-36)28-12-11-27-19-29(14-13-26(27)18-28)31-23-37-35(41-31)32-8-7-16-43(32)34(45)10-6-4-2/h3-4,11-14,18-19,21-23,25,32H,1-2,5-10,15-17,20,24H2,(H,37,41)(H,38,39,40)/t25-,32+/m1/s1. The SMILES string of the molecule is C=CCCC(=O)N1CC[C@H](CNc2ncc(-c3ccc4cc(-c5cnc([C@@H]6CCCN6C(=O)CCC=C)[nH]5)ccc4c3)cn2)C1. The summed E-state index contributed by atoms with van der Waals surface area (Å²) in [5.41, 5.74) is 4.01. The number of aromatic amines is 1. The van der Waals surface area contributed by atoms with E-state index in [0.29, 0.717) is 31.1 Å². The van der Waals surface area contributed by atoms with Crippen molar-refractivity contribution in [1.29, 1.82) is 0 Å². The Morgan fingerprint density at radius 2 is 1.58 bits per heavy atom. The molecule has 232 valence electrons. The van der Waals surface area contributed by atoms with Crippen molar-refractivity contribution in [2.75, 3.05) is 31.5 Å². The molecular weight excluding hydrogens is 562 g/mol. The summed E-state index contributed by atoms with van der Waals surface area (Å²) in [6.45, 7) is 10.6. The number of rotatable bonds is 12. The smallest absolute Gasteiger partial charge is 0.223 e. The fraction of sp³-hybridized carbons (Fsp3) is 0.361. The van der Waals surface area contributed by atoms with Crippen LogP contribution in [0.2, 0.25) is 0 Å². The van der Waals surface area contributed by atoms with E-state index >= 15 is 0 Å². The fourth-order valence-electron chi connectivity index (χ4n) is 6.38. The molecule has 2 aromatic carbocycles. The summed E-state index contributed by atoms with van der Waals surface area (Å²) in [6.07, 6.45) is 14.5. The third-order valence-electron chi connectivity index (χ3n) is 8.93. The summed E-state index contributed by atoms with van der Waals surface area (Å²) in [6, 6.07) is 12.8. The molecule has 0 aliphatic carbocycles. The molecule has 2 saturated heterocycles. The van der Waals surface area contributed by atoms with Gasteiger partial charge in [-0.2, -0.15) is 0 Å². The Morgan fingerprint density at radius 3 is 2.33 bits per heavy atom. The van der Waals surface area contributed by atoms with Crippen molar-refractivity contribution in [1.82, 2.24) is 29.7 Å². The Hall–Kier alpha value is -4.79. The number of anilines is 1. The lowest BCUT2D eigenvalue weighted by Gasteiger charge is -2.23. The quantitative estimate of drug-likeness (QED) is 0.178. The zero-order valence-electron chi connectivity index (χ0n) is 25.8. The van der Waals surface area contributed by atoms with Gasteiger partial charge in [0.05, 0.1) is 17.9 Å². The predicted molar refractivity (Wildman–Crippen MR) is 178 cm³/mol. The van der Waals surface area contributed by atoms with Crippen molar-refractivity contribution in [2.45, 2.75) is 51.0 Å². The van der Waals surface area contributed by atoms with Crippen molar-refractivity contribution in [2.24, 2.45) is 5.92 Å². The molecule has 0 unspecified atom stereocenters. The van der Waals surface area contributed by atoms with Gasteiger partial charge in [-0.25, -0.2) is 15.0 Å². The number of hydrogen-bond donors (Lipinski definition) is 2. The largest absolute Gasteiger partial charge is 0.354 e. The van der Waals surface area contributed by atoms with Crippen LogP contribution in [0.3, 0.4) is 0 Å². The summed E-state index contributed by atoms with van der Waals surface area (Å²) in [7, 11) is 0. The van der Waals surface area contributed by atoms with Gasteiger partial charge in [0.15, 0.2) is 0 Å². The molecule has 2 aromatic heterocycles. The van der Waals surface area contributed by atoms with Crippen LogP contribution in [-0.2, 0) is 9.59 Å². The van der Waals surface area contributed by atoms with Gasteiger partial charge in [0.25, 0.3) is 0 Å². The Morgan fingerprint density at radius 1 is 0.867 bits per heavy atom. The molecule has 0 bridgehead atoms. The molecule has 9 heteroatoms. The molecular formula is C36H41N7O2. The molecule has 0 spiro atoms. The van der Waals surface area contributed by atoms with Crippen LogP contribution >= 0.6 is 0 Å². The van der Waals surface area contributed by atoms with Gasteiger partial charge in [-0.1, -0.05) is 36.4 Å². The highest BCUT2D eigenvalue weighted by Gasteiger charge is 2.31. The molecule has 2 fully saturated rings. The van der Waals surface area contributed by atoms with Crippen molar-refractivity contribution >= 4 is 28.5 Å². The van der Waals surface area contributed by atoms with E-state index in [4.69, 9.17) is 0 Å². The van der Waals surface area contributed by atoms with Gasteiger partial charge < -0.3 is 20.1 Å². The second-order valence-electron chi connectivity index (χ2n) is 12.0. The number of benzene rings is 2. The molecule has 0 saturated carbocycles. The van der Waals surface area contributed by atoms with Crippen LogP contribution in [-0.4, -0.2) is 67.7 Å². The molecule has 2 aliphatic heterocycles. The van der Waals surface area contributed by atoms with Gasteiger partial charge in [0, 0.05) is 62.5 Å². The molecule has 45 heavy (non-hydrogen) atoms. The monoisotopic (exact) mass is 603 g/mol. The maximum absolute atomic E-state index is 12.7. The van der Waals surface area contributed by atoms with Gasteiger partial charge in [0.2, 0.25) is 17.8 Å². The minimum absolute atomic E-state index is 0.000873. The molecule has 2 aliphatic rings. The van der Waals surface area contributed by atoms with E-state index in [1.54, 1.807) is 12.2 Å². The first-order chi connectivity index (χ1) is 22.0. The van der Waals surface area contributed by atoms with Crippen LogP contribution in [0.4, 0.5) is 5.95 Å². The Bertz CT molecular complexity index is 1680. The number of carbonyl (C=O) groups excluding carboxylic acids is 2. The number of amides is 2. The second-order valence-corrected chi connectivity index (χ2v) is 12.0. The van der Waals surface area contributed by atoms with Crippen LogP contribution in [0.1, 0.15) is 56.8 Å². The highest BCUT2D eigenvalue weighted by Crippen LogP contribution is 2.33. The zero-order valence-corrected chi connectivity index (χ0v) is 25.8. The number of aromatic nitrogens is 4. The Kier molecular flexibility index (Phi) is 9.33. The number of nitrogens with one attached hydrogen (secondary N) is 2. The lowest BCUT2D eigenvalue weighted by molar-refractivity contribution is -0.132. The van der Waals surface area contributed by atoms with E-state index in [1.807, 2.05) is 28.4 Å². The summed E-state index contributed by atoms with van der Waals surface area (Å²) in [5, 5.41) is 5.60. The van der Waals surface area contributed by atoms with Crippen LogP contribution in [0.15, 0.2) is 80.3 Å². The van der Waals surface area contributed by atoms with Crippen LogP contribution in [0.5, 0.6) is 0 Å². The van der Waals surface area contributed by atoms with Crippen molar-refractivity contribution in [3.05, 3.63) is 86.1 Å². The second kappa shape index (κ2) is 13.9. The average Bonchev–Trinajstić information content (AvgIpc) is 3.86. The molecule has 9 nitrogen and oxygen atoms in total. The minimum Gasteiger partial charge on any atom is -0.354 e. The maximum Gasteiger partial charge on any atom is 0.223 e. The Balaban J connectivity index is 1.07. The number of allylic oxidation sites excluding steroid dienone is 2. The van der Waals surface area contributed by atoms with Gasteiger partial charge >= 0.3 is 0 Å². The minimum atomic E-state index is -0.000873. The number of imidazole rings is 1. The van der Waals surface area contributed by atoms with Gasteiger partial charge in [-0.15, -0.1) is 13.2 Å². The molecule has 0 radical (unpaired) electrons. The lowest BCUT2D eigenvalue weighted by Crippen LogP contribution is -2.30. The number of hydrogen-bond acceptors (Lipinski definition) is 6. The highest BCUT2D eigenvalue weighted by molar-refractivity contribution is 5.90. The summed E-state index contributed by atoms with van der Waals surface area (Å²) in [4.78, 5) is 46.2. The normalized spacial score (nSPS) is 18.0. The van der Waals surface area contributed by atoms with E-state index in [2.05, 4.69) is 74.8 Å². The first kappa shape index (κ1) is 30.2. The first-order valence-corrected chi connectivity index (χ1v) is 16.0. The van der Waals surface area contributed by atoms with E-state index < -0.39 is 0 Å². The summed E-state index contributed by atoms with van der Waals surface area (Å²) < 4.78 is 0. The van der Waals surface area contributed by atoms with Gasteiger partial charge in [-0.05, 0) is 66.5 Å². The number of likely N-dealkylation sites (tertiary alicyclic amines) is 2. The van der Waals surface area contributed by atoms with Crippen molar-refractivity contribution < 1.29 is 9.59 Å². The average molecular weight is 604 g/mol. The van der Waals surface area contributed by atoms with E-state index in [0.717, 1.165) is 90.8 Å². The van der Waals surface area contributed by atoms with E-state index in [-0.39, 0.29) is 17.9 Å². The van der Waals surface area contributed by atoms with Crippen LogP contribution in [0.25, 0.3) is 33.2 Å². The molecule has 6 rings (SSSR count). The first-order valence-electron chi connectivity index (χ1n) is 16.0. The van der Waals surface area contributed by atoms with Crippen molar-refractivity contribution in [3.63, 3.8) is 0 Å². The van der Waals surface area contributed by atoms with Crippen LogP contribution < -0.4 is 5.32 Å². The van der Waals surface area contributed by atoms with Gasteiger partial charge in [0.1, 0.15) is 5.82 Å². The molecule has 2 amide bonds. The highest BCUT2D eigenvalue weighted by atomic mass is 16.2. The lowest BCUT2D eigenvalue weighted by atomic mass is 10.0. The maximum atomic E-state index is 12.7. The number of H-pyrrole nitrogens is 1. The van der Waals surface area contributed by atoms with E-state index in [9.17, 15) is 9.59 Å². The summed E-state index contributed by atoms with van der Waals surface area (Å²) in [5.74, 6) is 2.22.